The van der Waals surface area contributed by atoms with Gasteiger partial charge in [0.25, 0.3) is 0 Å². The number of hydrogen-bond acceptors (Lipinski definition) is 3. The van der Waals surface area contributed by atoms with Crippen LogP contribution in [-0.2, 0) is 13.6 Å². The van der Waals surface area contributed by atoms with Gasteiger partial charge in [0.2, 0.25) is 0 Å². The third kappa shape index (κ3) is 2.56. The number of rotatable bonds is 3. The molecule has 0 radical (unpaired) electrons. The van der Waals surface area contributed by atoms with Gasteiger partial charge in [0.1, 0.15) is 12.2 Å². The molecule has 1 fully saturated rings. The van der Waals surface area contributed by atoms with Crippen molar-refractivity contribution in [1.29, 1.82) is 0 Å². The molecule has 0 aromatic carbocycles. The third-order valence-corrected chi connectivity index (χ3v) is 3.44. The van der Waals surface area contributed by atoms with Crippen LogP contribution in [0.4, 0.5) is 0 Å². The SMILES string of the molecule is Cn1ncnc1CNC1(C)CCCCC1. The molecule has 1 aromatic rings. The molecule has 1 saturated carbocycles. The molecular weight excluding hydrogens is 188 g/mol. The van der Waals surface area contributed by atoms with Crippen molar-refractivity contribution in [2.24, 2.45) is 7.05 Å². The molecule has 2 rings (SSSR count). The van der Waals surface area contributed by atoms with Gasteiger partial charge in [0.15, 0.2) is 0 Å². The lowest BCUT2D eigenvalue weighted by molar-refractivity contribution is 0.249. The summed E-state index contributed by atoms with van der Waals surface area (Å²) >= 11 is 0. The molecule has 84 valence electrons. The first kappa shape index (κ1) is 10.6. The maximum atomic E-state index is 4.22. The third-order valence-electron chi connectivity index (χ3n) is 3.44. The summed E-state index contributed by atoms with van der Waals surface area (Å²) in [6.45, 7) is 3.15. The highest BCUT2D eigenvalue weighted by atomic mass is 15.3. The van der Waals surface area contributed by atoms with Crippen molar-refractivity contribution in [2.45, 2.75) is 51.1 Å². The zero-order valence-electron chi connectivity index (χ0n) is 9.66. The van der Waals surface area contributed by atoms with E-state index in [4.69, 9.17) is 0 Å². The van der Waals surface area contributed by atoms with Crippen LogP contribution in [-0.4, -0.2) is 20.3 Å². The summed E-state index contributed by atoms with van der Waals surface area (Å²) in [5.41, 5.74) is 0.310. The van der Waals surface area contributed by atoms with Gasteiger partial charge in [0.05, 0.1) is 6.54 Å². The molecule has 4 heteroatoms. The molecule has 0 bridgehead atoms. The minimum atomic E-state index is 0.310. The zero-order valence-corrected chi connectivity index (χ0v) is 9.66. The topological polar surface area (TPSA) is 42.7 Å². The molecule has 0 spiro atoms. The minimum absolute atomic E-state index is 0.310. The summed E-state index contributed by atoms with van der Waals surface area (Å²) in [6, 6.07) is 0. The maximum absolute atomic E-state index is 4.22. The summed E-state index contributed by atoms with van der Waals surface area (Å²) in [4.78, 5) is 4.22. The Bertz CT molecular complexity index is 312. The fourth-order valence-corrected chi connectivity index (χ4v) is 2.28. The highest BCUT2D eigenvalue weighted by Crippen LogP contribution is 2.27. The van der Waals surface area contributed by atoms with E-state index in [0.717, 1.165) is 12.4 Å². The van der Waals surface area contributed by atoms with Crippen molar-refractivity contribution in [3.8, 4) is 0 Å². The Kier molecular flexibility index (Phi) is 3.05. The van der Waals surface area contributed by atoms with Crippen molar-refractivity contribution < 1.29 is 0 Å². The van der Waals surface area contributed by atoms with Crippen LogP contribution in [0.5, 0.6) is 0 Å². The van der Waals surface area contributed by atoms with Gasteiger partial charge in [0, 0.05) is 12.6 Å². The molecule has 0 aliphatic heterocycles. The summed E-state index contributed by atoms with van der Waals surface area (Å²) < 4.78 is 1.83. The predicted octanol–water partition coefficient (Wildman–Crippen LogP) is 1.63. The van der Waals surface area contributed by atoms with Crippen LogP contribution in [0, 0.1) is 0 Å². The molecule has 15 heavy (non-hydrogen) atoms. The highest BCUT2D eigenvalue weighted by Gasteiger charge is 2.26. The first-order chi connectivity index (χ1) is 7.20. The van der Waals surface area contributed by atoms with Gasteiger partial charge in [-0.25, -0.2) is 4.98 Å². The van der Waals surface area contributed by atoms with Gasteiger partial charge >= 0.3 is 0 Å². The second kappa shape index (κ2) is 4.31. The monoisotopic (exact) mass is 208 g/mol. The maximum Gasteiger partial charge on any atom is 0.140 e. The smallest absolute Gasteiger partial charge is 0.140 e. The van der Waals surface area contributed by atoms with E-state index in [-0.39, 0.29) is 0 Å². The molecule has 0 amide bonds. The van der Waals surface area contributed by atoms with E-state index in [1.54, 1.807) is 6.33 Å². The van der Waals surface area contributed by atoms with Crippen LogP contribution in [0.2, 0.25) is 0 Å². The molecule has 1 aliphatic rings. The Morgan fingerprint density at radius 3 is 2.73 bits per heavy atom. The summed E-state index contributed by atoms with van der Waals surface area (Å²) in [7, 11) is 1.94. The standard InChI is InChI=1S/C11H20N4/c1-11(6-4-3-5-7-11)13-8-10-12-9-14-15(10)2/h9,13H,3-8H2,1-2H3. The fraction of sp³-hybridized carbons (Fsp3) is 0.818. The fourth-order valence-electron chi connectivity index (χ4n) is 2.28. The molecule has 0 atom stereocenters. The van der Waals surface area contributed by atoms with Gasteiger partial charge < -0.3 is 5.32 Å². The molecule has 0 unspecified atom stereocenters. The molecule has 4 nitrogen and oxygen atoms in total. The van der Waals surface area contributed by atoms with Gasteiger partial charge in [-0.05, 0) is 19.8 Å². The Balaban J connectivity index is 1.89. The van der Waals surface area contributed by atoms with E-state index in [2.05, 4.69) is 22.3 Å². The minimum Gasteiger partial charge on any atom is -0.305 e. The lowest BCUT2D eigenvalue weighted by Crippen LogP contribution is -2.43. The number of nitrogens with zero attached hydrogens (tertiary/aromatic N) is 3. The molecule has 1 aliphatic carbocycles. The van der Waals surface area contributed by atoms with Crippen molar-refractivity contribution in [2.75, 3.05) is 0 Å². The summed E-state index contributed by atoms with van der Waals surface area (Å²) in [5, 5.41) is 7.69. The van der Waals surface area contributed by atoms with Crippen molar-refractivity contribution in [1.82, 2.24) is 20.1 Å². The van der Waals surface area contributed by atoms with Gasteiger partial charge in [-0.3, -0.25) is 4.68 Å². The van der Waals surface area contributed by atoms with Gasteiger partial charge in [-0.15, -0.1) is 0 Å². The normalized spacial score (nSPS) is 20.4. The zero-order chi connectivity index (χ0) is 10.7. The number of aryl methyl sites for hydroxylation is 1. The molecule has 1 N–H and O–H groups in total. The average Bonchev–Trinajstić information content (AvgIpc) is 2.62. The van der Waals surface area contributed by atoms with E-state index < -0.39 is 0 Å². The second-order valence-corrected chi connectivity index (χ2v) is 4.77. The molecule has 1 heterocycles. The second-order valence-electron chi connectivity index (χ2n) is 4.77. The molecular formula is C11H20N4. The predicted molar refractivity (Wildman–Crippen MR) is 59.3 cm³/mol. The Hall–Kier alpha value is -0.900. The van der Waals surface area contributed by atoms with Crippen LogP contribution in [0.15, 0.2) is 6.33 Å². The lowest BCUT2D eigenvalue weighted by Gasteiger charge is -2.34. The highest BCUT2D eigenvalue weighted by molar-refractivity contribution is 4.90. The van der Waals surface area contributed by atoms with Crippen LogP contribution < -0.4 is 5.32 Å². The first-order valence-corrected chi connectivity index (χ1v) is 5.78. The van der Waals surface area contributed by atoms with E-state index in [0.29, 0.717) is 5.54 Å². The number of aromatic nitrogens is 3. The van der Waals surface area contributed by atoms with E-state index >= 15 is 0 Å². The Labute approximate surface area is 91.1 Å². The number of hydrogen-bond donors (Lipinski definition) is 1. The van der Waals surface area contributed by atoms with Gasteiger partial charge in [-0.2, -0.15) is 5.10 Å². The van der Waals surface area contributed by atoms with Crippen molar-refractivity contribution >= 4 is 0 Å². The van der Waals surface area contributed by atoms with Crippen molar-refractivity contribution in [3.05, 3.63) is 12.2 Å². The summed E-state index contributed by atoms with van der Waals surface area (Å²) in [6.07, 6.45) is 8.27. The quantitative estimate of drug-likeness (QED) is 0.821. The molecule has 0 saturated heterocycles. The Morgan fingerprint density at radius 1 is 1.40 bits per heavy atom. The lowest BCUT2D eigenvalue weighted by atomic mass is 9.83. The largest absolute Gasteiger partial charge is 0.305 e. The van der Waals surface area contributed by atoms with Crippen LogP contribution in [0.25, 0.3) is 0 Å². The molecule has 1 aromatic heterocycles. The van der Waals surface area contributed by atoms with Crippen LogP contribution in [0.3, 0.4) is 0 Å². The van der Waals surface area contributed by atoms with E-state index in [9.17, 15) is 0 Å². The van der Waals surface area contributed by atoms with E-state index in [1.165, 1.54) is 32.1 Å². The van der Waals surface area contributed by atoms with Gasteiger partial charge in [-0.1, -0.05) is 19.3 Å². The van der Waals surface area contributed by atoms with E-state index in [1.807, 2.05) is 11.7 Å². The average molecular weight is 208 g/mol. The first-order valence-electron chi connectivity index (χ1n) is 5.78. The van der Waals surface area contributed by atoms with Crippen molar-refractivity contribution in [3.63, 3.8) is 0 Å². The van der Waals surface area contributed by atoms with Crippen LogP contribution >= 0.6 is 0 Å². The van der Waals surface area contributed by atoms with Crippen LogP contribution in [0.1, 0.15) is 44.9 Å². The Morgan fingerprint density at radius 2 is 2.13 bits per heavy atom. The number of nitrogens with one attached hydrogen (secondary N) is 1. The summed E-state index contributed by atoms with van der Waals surface area (Å²) in [5.74, 6) is 1.02.